The smallest absolute Gasteiger partial charge is 0.240 e. The van der Waals surface area contributed by atoms with Crippen LogP contribution in [0.3, 0.4) is 0 Å². The van der Waals surface area contributed by atoms with Crippen LogP contribution in [0.15, 0.2) is 23.1 Å². The first-order valence-electron chi connectivity index (χ1n) is 6.90. The number of rotatable bonds is 4. The Morgan fingerprint density at radius 2 is 2.10 bits per heavy atom. The summed E-state index contributed by atoms with van der Waals surface area (Å²) in [6, 6.07) is 4.94. The van der Waals surface area contributed by atoms with Crippen molar-refractivity contribution >= 4 is 10.0 Å². The van der Waals surface area contributed by atoms with Gasteiger partial charge in [-0.25, -0.2) is 13.1 Å². The number of methoxy groups -OCH3 is 1. The molecule has 6 heteroatoms. The molecule has 20 heavy (non-hydrogen) atoms. The molecule has 0 aliphatic carbocycles. The first-order valence-corrected chi connectivity index (χ1v) is 8.39. The Hall–Kier alpha value is -1.11. The number of nitrogens with one attached hydrogen (secondary N) is 2. The van der Waals surface area contributed by atoms with Gasteiger partial charge in [0.05, 0.1) is 12.0 Å². The number of hydrogen-bond acceptors (Lipinski definition) is 4. The van der Waals surface area contributed by atoms with Crippen LogP contribution >= 0.6 is 0 Å². The number of ether oxygens (including phenoxy) is 1. The van der Waals surface area contributed by atoms with E-state index in [2.05, 4.69) is 10.0 Å². The van der Waals surface area contributed by atoms with Crippen molar-refractivity contribution < 1.29 is 13.2 Å². The maximum atomic E-state index is 12.4. The lowest BCUT2D eigenvalue weighted by Gasteiger charge is -2.16. The molecule has 0 amide bonds. The van der Waals surface area contributed by atoms with Gasteiger partial charge in [0.25, 0.3) is 0 Å². The average Bonchev–Trinajstić information content (AvgIpc) is 2.66. The van der Waals surface area contributed by atoms with E-state index in [9.17, 15) is 8.42 Å². The number of hydrogen-bond donors (Lipinski definition) is 2. The Morgan fingerprint density at radius 1 is 1.30 bits per heavy atom. The largest absolute Gasteiger partial charge is 0.496 e. The topological polar surface area (TPSA) is 67.4 Å². The third-order valence-electron chi connectivity index (χ3n) is 3.57. The first-order chi connectivity index (χ1) is 9.53. The van der Waals surface area contributed by atoms with Gasteiger partial charge in [0, 0.05) is 6.04 Å². The normalized spacial score (nSPS) is 20.4. The SMILES string of the molecule is COc1ccc(S(=O)(=O)NC2CCCNCC2)cc1C. The quantitative estimate of drug-likeness (QED) is 0.882. The summed E-state index contributed by atoms with van der Waals surface area (Å²) in [5, 5.41) is 3.28. The molecule has 0 saturated carbocycles. The molecule has 1 unspecified atom stereocenters. The van der Waals surface area contributed by atoms with Crippen molar-refractivity contribution in [2.24, 2.45) is 0 Å². The van der Waals surface area contributed by atoms with E-state index in [0.29, 0.717) is 10.6 Å². The lowest BCUT2D eigenvalue weighted by Crippen LogP contribution is -2.35. The molecule has 1 atom stereocenters. The molecule has 1 fully saturated rings. The van der Waals surface area contributed by atoms with Crippen LogP contribution in [0.5, 0.6) is 5.75 Å². The fourth-order valence-corrected chi connectivity index (χ4v) is 3.83. The molecule has 1 aliphatic rings. The molecular formula is C14H22N2O3S. The summed E-state index contributed by atoms with van der Waals surface area (Å²) in [6.07, 6.45) is 2.70. The molecule has 0 radical (unpaired) electrons. The lowest BCUT2D eigenvalue weighted by atomic mass is 10.1. The summed E-state index contributed by atoms with van der Waals surface area (Å²) in [7, 11) is -1.88. The van der Waals surface area contributed by atoms with Crippen LogP contribution in [-0.2, 0) is 10.0 Å². The molecule has 2 rings (SSSR count). The van der Waals surface area contributed by atoms with Crippen molar-refractivity contribution in [2.45, 2.75) is 37.1 Å². The van der Waals surface area contributed by atoms with Gasteiger partial charge in [-0.3, -0.25) is 0 Å². The van der Waals surface area contributed by atoms with Gasteiger partial charge in [0.15, 0.2) is 0 Å². The molecule has 0 spiro atoms. The molecule has 1 aliphatic heterocycles. The molecule has 112 valence electrons. The summed E-state index contributed by atoms with van der Waals surface area (Å²) < 4.78 is 32.7. The van der Waals surface area contributed by atoms with Crippen molar-refractivity contribution in [3.05, 3.63) is 23.8 Å². The first kappa shape index (κ1) is 15.3. The monoisotopic (exact) mass is 298 g/mol. The van der Waals surface area contributed by atoms with Crippen LogP contribution < -0.4 is 14.8 Å². The molecule has 1 aromatic carbocycles. The predicted molar refractivity (Wildman–Crippen MR) is 78.6 cm³/mol. The highest BCUT2D eigenvalue weighted by Gasteiger charge is 2.21. The maximum absolute atomic E-state index is 12.4. The summed E-state index contributed by atoms with van der Waals surface area (Å²) in [5.74, 6) is 0.697. The van der Waals surface area contributed by atoms with Crippen LogP contribution in [0.1, 0.15) is 24.8 Å². The fraction of sp³-hybridized carbons (Fsp3) is 0.571. The van der Waals surface area contributed by atoms with Crippen LogP contribution in [0.4, 0.5) is 0 Å². The summed E-state index contributed by atoms with van der Waals surface area (Å²) in [5.41, 5.74) is 0.818. The minimum atomic E-state index is -3.46. The van der Waals surface area contributed by atoms with Crippen molar-refractivity contribution in [3.8, 4) is 5.75 Å². The molecule has 1 aromatic rings. The van der Waals surface area contributed by atoms with Crippen molar-refractivity contribution in [1.29, 1.82) is 0 Å². The minimum absolute atomic E-state index is 0.0115. The van der Waals surface area contributed by atoms with Gasteiger partial charge in [-0.15, -0.1) is 0 Å². The molecule has 1 heterocycles. The molecule has 0 aromatic heterocycles. The van der Waals surface area contributed by atoms with Crippen molar-refractivity contribution in [1.82, 2.24) is 10.0 Å². The molecule has 5 nitrogen and oxygen atoms in total. The van der Waals surface area contributed by atoms with Crippen molar-refractivity contribution in [3.63, 3.8) is 0 Å². The zero-order chi connectivity index (χ0) is 14.6. The van der Waals surface area contributed by atoms with Crippen LogP contribution in [-0.4, -0.2) is 34.7 Å². The fourth-order valence-electron chi connectivity index (χ4n) is 2.44. The summed E-state index contributed by atoms with van der Waals surface area (Å²) >= 11 is 0. The second-order valence-electron chi connectivity index (χ2n) is 5.13. The molecule has 1 saturated heterocycles. The Labute approximate surface area is 120 Å². The van der Waals surface area contributed by atoms with Crippen LogP contribution in [0, 0.1) is 6.92 Å². The maximum Gasteiger partial charge on any atom is 0.240 e. The van der Waals surface area contributed by atoms with Gasteiger partial charge in [-0.1, -0.05) is 0 Å². The zero-order valence-electron chi connectivity index (χ0n) is 12.0. The van der Waals surface area contributed by atoms with Gasteiger partial charge in [0.2, 0.25) is 10.0 Å². The van der Waals surface area contributed by atoms with E-state index in [1.54, 1.807) is 25.3 Å². The standard InChI is InChI=1S/C14H22N2O3S/c1-11-10-13(5-6-14(11)19-2)20(17,18)16-12-4-3-8-15-9-7-12/h5-6,10,12,15-16H,3-4,7-9H2,1-2H3. The Kier molecular flexibility index (Phi) is 5.01. The number of sulfonamides is 1. The van der Waals surface area contributed by atoms with Gasteiger partial charge < -0.3 is 10.1 Å². The van der Waals surface area contributed by atoms with E-state index >= 15 is 0 Å². The highest BCUT2D eigenvalue weighted by molar-refractivity contribution is 7.89. The molecular weight excluding hydrogens is 276 g/mol. The summed E-state index contributed by atoms with van der Waals surface area (Å²) in [4.78, 5) is 0.299. The van der Waals surface area contributed by atoms with E-state index in [0.717, 1.165) is 37.9 Å². The van der Waals surface area contributed by atoms with Crippen LogP contribution in [0.2, 0.25) is 0 Å². The van der Waals surface area contributed by atoms with Gasteiger partial charge in [-0.2, -0.15) is 0 Å². The summed E-state index contributed by atoms with van der Waals surface area (Å²) in [6.45, 7) is 3.65. The molecule has 2 N–H and O–H groups in total. The van der Waals surface area contributed by atoms with Gasteiger partial charge >= 0.3 is 0 Å². The number of benzene rings is 1. The lowest BCUT2D eigenvalue weighted by molar-refractivity contribution is 0.411. The highest BCUT2D eigenvalue weighted by atomic mass is 32.2. The molecule has 0 bridgehead atoms. The van der Waals surface area contributed by atoms with E-state index in [1.807, 2.05) is 6.92 Å². The minimum Gasteiger partial charge on any atom is -0.496 e. The zero-order valence-corrected chi connectivity index (χ0v) is 12.8. The van der Waals surface area contributed by atoms with Crippen LogP contribution in [0.25, 0.3) is 0 Å². The second-order valence-corrected chi connectivity index (χ2v) is 6.84. The Bertz CT molecular complexity index is 550. The third kappa shape index (κ3) is 3.71. The van der Waals surface area contributed by atoms with E-state index in [1.165, 1.54) is 0 Å². The Morgan fingerprint density at radius 3 is 2.80 bits per heavy atom. The van der Waals surface area contributed by atoms with E-state index in [-0.39, 0.29) is 6.04 Å². The predicted octanol–water partition coefficient (Wildman–Crippen LogP) is 1.42. The van der Waals surface area contributed by atoms with Gasteiger partial charge in [0.1, 0.15) is 5.75 Å². The van der Waals surface area contributed by atoms with Gasteiger partial charge in [-0.05, 0) is 63.0 Å². The Balaban J connectivity index is 2.15. The average molecular weight is 298 g/mol. The highest BCUT2D eigenvalue weighted by Crippen LogP contribution is 2.22. The van der Waals surface area contributed by atoms with Crippen molar-refractivity contribution in [2.75, 3.05) is 20.2 Å². The number of aryl methyl sites for hydroxylation is 1. The van der Waals surface area contributed by atoms with E-state index < -0.39 is 10.0 Å². The van der Waals surface area contributed by atoms with E-state index in [4.69, 9.17) is 4.74 Å². The second kappa shape index (κ2) is 6.56. The third-order valence-corrected chi connectivity index (χ3v) is 5.09.